The Balaban J connectivity index is 2.32. The molecule has 0 aromatic heterocycles. The smallest absolute Gasteiger partial charge is 0.336 e. The van der Waals surface area contributed by atoms with Crippen LogP contribution < -0.4 is 10.6 Å². The van der Waals surface area contributed by atoms with Crippen molar-refractivity contribution in [2.24, 2.45) is 5.92 Å². The third kappa shape index (κ3) is 6.72. The van der Waals surface area contributed by atoms with E-state index in [1.54, 1.807) is 19.9 Å². The molecule has 6 nitrogen and oxygen atoms in total. The van der Waals surface area contributed by atoms with E-state index >= 15 is 0 Å². The third-order valence-electron chi connectivity index (χ3n) is 4.48. The molecule has 1 amide bonds. The summed E-state index contributed by atoms with van der Waals surface area (Å²) < 4.78 is 65.9. The van der Waals surface area contributed by atoms with E-state index in [0.29, 0.717) is 12.8 Å². The summed E-state index contributed by atoms with van der Waals surface area (Å²) in [4.78, 5) is 12.7. The fourth-order valence-corrected chi connectivity index (χ4v) is 4.88. The second kappa shape index (κ2) is 8.71. The molecule has 10 heteroatoms. The molecule has 0 aliphatic heterocycles. The Hall–Kier alpha value is -2.12. The van der Waals surface area contributed by atoms with E-state index in [0.717, 1.165) is 0 Å². The second-order valence-electron chi connectivity index (χ2n) is 7.76. The van der Waals surface area contributed by atoms with Gasteiger partial charge >= 0.3 is 6.18 Å². The maximum absolute atomic E-state index is 13.7. The van der Waals surface area contributed by atoms with E-state index in [2.05, 4.69) is 10.6 Å². The Bertz CT molecular complexity index is 860. The third-order valence-corrected chi connectivity index (χ3v) is 6.49. The Morgan fingerprint density at radius 2 is 1.79 bits per heavy atom. The number of benzene rings is 1. The Morgan fingerprint density at radius 3 is 2.24 bits per heavy atom. The molecule has 1 aliphatic rings. The summed E-state index contributed by atoms with van der Waals surface area (Å²) in [6, 6.07) is 4.94. The van der Waals surface area contributed by atoms with Crippen LogP contribution in [0.15, 0.2) is 30.3 Å². The lowest BCUT2D eigenvalue weighted by Crippen LogP contribution is -2.54. The summed E-state index contributed by atoms with van der Waals surface area (Å²) in [6.45, 7) is 3.33. The zero-order valence-corrected chi connectivity index (χ0v) is 17.0. The SMILES string of the molecule is CC(C)CS(=O)(=O)C[C@H](N[C@@H](c1ccccc1)C(F)(F)F)C(=O)NC1(C#N)CC1. The molecule has 1 aromatic rings. The van der Waals surface area contributed by atoms with Crippen LogP contribution in [0.5, 0.6) is 0 Å². The number of hydrogen-bond donors (Lipinski definition) is 2. The van der Waals surface area contributed by atoms with Gasteiger partial charge in [0.05, 0.1) is 17.6 Å². The first-order chi connectivity index (χ1) is 13.4. The zero-order chi connectivity index (χ0) is 21.9. The summed E-state index contributed by atoms with van der Waals surface area (Å²) >= 11 is 0. The summed E-state index contributed by atoms with van der Waals surface area (Å²) in [6.07, 6.45) is -4.00. The number of carbonyl (C=O) groups is 1. The first-order valence-electron chi connectivity index (χ1n) is 9.19. The molecule has 160 valence electrons. The molecule has 1 aliphatic carbocycles. The van der Waals surface area contributed by atoms with Crippen molar-refractivity contribution < 1.29 is 26.4 Å². The standard InChI is InChI=1S/C19H24F3N3O3S/c1-13(2)10-29(27,28)11-15(17(26)25-18(12-23)8-9-18)24-16(19(20,21)22)14-6-4-3-5-7-14/h3-7,13,15-16,24H,8-11H2,1-2H3,(H,25,26)/t15-,16-/m0/s1. The minimum Gasteiger partial charge on any atom is -0.336 e. The number of nitrogens with one attached hydrogen (secondary N) is 2. The number of halogens is 3. The van der Waals surface area contributed by atoms with Gasteiger partial charge in [-0.05, 0) is 24.3 Å². The highest BCUT2D eigenvalue weighted by molar-refractivity contribution is 7.91. The highest BCUT2D eigenvalue weighted by Gasteiger charge is 2.48. The molecule has 0 spiro atoms. The van der Waals surface area contributed by atoms with Crippen LogP contribution in [0.2, 0.25) is 0 Å². The van der Waals surface area contributed by atoms with Gasteiger partial charge in [-0.2, -0.15) is 18.4 Å². The van der Waals surface area contributed by atoms with Crippen molar-refractivity contribution in [1.29, 1.82) is 5.26 Å². The predicted molar refractivity (Wildman–Crippen MR) is 101 cm³/mol. The molecule has 1 aromatic carbocycles. The van der Waals surface area contributed by atoms with Crippen LogP contribution in [0.1, 0.15) is 38.3 Å². The van der Waals surface area contributed by atoms with Gasteiger partial charge in [0.25, 0.3) is 0 Å². The molecule has 1 saturated carbocycles. The number of hydrogen-bond acceptors (Lipinski definition) is 5. The van der Waals surface area contributed by atoms with Crippen molar-refractivity contribution in [3.63, 3.8) is 0 Å². The van der Waals surface area contributed by atoms with Crippen molar-refractivity contribution in [1.82, 2.24) is 10.6 Å². The van der Waals surface area contributed by atoms with Crippen molar-refractivity contribution in [3.05, 3.63) is 35.9 Å². The van der Waals surface area contributed by atoms with Gasteiger partial charge in [0.1, 0.15) is 17.6 Å². The maximum atomic E-state index is 13.7. The molecular weight excluding hydrogens is 407 g/mol. The molecule has 0 unspecified atom stereocenters. The number of amides is 1. The molecular formula is C19H24F3N3O3S. The fourth-order valence-electron chi connectivity index (χ4n) is 2.97. The average Bonchev–Trinajstić information content (AvgIpc) is 3.37. The highest BCUT2D eigenvalue weighted by Crippen LogP contribution is 2.35. The van der Waals surface area contributed by atoms with Gasteiger partial charge in [0, 0.05) is 0 Å². The largest absolute Gasteiger partial charge is 0.407 e. The summed E-state index contributed by atoms with van der Waals surface area (Å²) in [5.74, 6) is -2.23. The number of nitriles is 1. The van der Waals surface area contributed by atoms with Gasteiger partial charge in [-0.25, -0.2) is 8.42 Å². The first-order valence-corrected chi connectivity index (χ1v) is 11.0. The molecule has 0 bridgehead atoms. The number of carbonyl (C=O) groups excluding carboxylic acids is 1. The van der Waals surface area contributed by atoms with E-state index < -0.39 is 45.3 Å². The minimum absolute atomic E-state index is 0.138. The van der Waals surface area contributed by atoms with Crippen LogP contribution in [0.4, 0.5) is 13.2 Å². The van der Waals surface area contributed by atoms with E-state index in [1.807, 2.05) is 6.07 Å². The topological polar surface area (TPSA) is 99.1 Å². The summed E-state index contributed by atoms with van der Waals surface area (Å²) in [5.41, 5.74) is -1.26. The number of nitrogens with zero attached hydrogens (tertiary/aromatic N) is 1. The van der Waals surface area contributed by atoms with E-state index in [9.17, 15) is 26.4 Å². The van der Waals surface area contributed by atoms with Gasteiger partial charge in [0.15, 0.2) is 9.84 Å². The van der Waals surface area contributed by atoms with Gasteiger partial charge < -0.3 is 5.32 Å². The monoisotopic (exact) mass is 431 g/mol. The van der Waals surface area contributed by atoms with E-state index in [1.165, 1.54) is 24.3 Å². The lowest BCUT2D eigenvalue weighted by molar-refractivity contribution is -0.160. The molecule has 0 heterocycles. The van der Waals surface area contributed by atoms with Crippen molar-refractivity contribution in [3.8, 4) is 6.07 Å². The second-order valence-corrected chi connectivity index (χ2v) is 9.91. The molecule has 0 radical (unpaired) electrons. The Kier molecular flexibility index (Phi) is 6.96. The molecule has 29 heavy (non-hydrogen) atoms. The molecule has 2 atom stereocenters. The number of rotatable bonds is 9. The maximum Gasteiger partial charge on any atom is 0.407 e. The van der Waals surface area contributed by atoms with Crippen LogP contribution in [-0.2, 0) is 14.6 Å². The highest BCUT2D eigenvalue weighted by atomic mass is 32.2. The van der Waals surface area contributed by atoms with Crippen LogP contribution in [-0.4, -0.2) is 43.6 Å². The molecule has 0 saturated heterocycles. The first kappa shape index (κ1) is 23.2. The van der Waals surface area contributed by atoms with Crippen LogP contribution in [0, 0.1) is 17.2 Å². The fraction of sp³-hybridized carbons (Fsp3) is 0.579. The quantitative estimate of drug-likeness (QED) is 0.626. The van der Waals surface area contributed by atoms with Gasteiger partial charge in [-0.15, -0.1) is 0 Å². The van der Waals surface area contributed by atoms with Gasteiger partial charge in [0.2, 0.25) is 5.91 Å². The normalized spacial score (nSPS) is 18.0. The number of alkyl halides is 3. The number of sulfone groups is 1. The Labute approximate surface area is 168 Å². The lowest BCUT2D eigenvalue weighted by Gasteiger charge is -2.28. The van der Waals surface area contributed by atoms with Gasteiger partial charge in [-0.3, -0.25) is 10.1 Å². The Morgan fingerprint density at radius 1 is 1.21 bits per heavy atom. The zero-order valence-electron chi connectivity index (χ0n) is 16.2. The molecule has 2 rings (SSSR count). The van der Waals surface area contributed by atoms with Crippen LogP contribution >= 0.6 is 0 Å². The van der Waals surface area contributed by atoms with Crippen LogP contribution in [0.25, 0.3) is 0 Å². The predicted octanol–water partition coefficient (Wildman–Crippen LogP) is 2.49. The minimum atomic E-state index is -4.76. The van der Waals surface area contributed by atoms with Crippen molar-refractivity contribution >= 4 is 15.7 Å². The van der Waals surface area contributed by atoms with Crippen molar-refractivity contribution in [2.45, 2.75) is 50.5 Å². The van der Waals surface area contributed by atoms with Gasteiger partial charge in [-0.1, -0.05) is 44.2 Å². The van der Waals surface area contributed by atoms with E-state index in [-0.39, 0.29) is 17.2 Å². The summed E-state index contributed by atoms with van der Waals surface area (Å²) in [7, 11) is -3.81. The lowest BCUT2D eigenvalue weighted by atomic mass is 10.1. The average molecular weight is 431 g/mol. The van der Waals surface area contributed by atoms with E-state index in [4.69, 9.17) is 5.26 Å². The van der Waals surface area contributed by atoms with Crippen molar-refractivity contribution in [2.75, 3.05) is 11.5 Å². The summed E-state index contributed by atoms with van der Waals surface area (Å²) in [5, 5.41) is 13.7. The van der Waals surface area contributed by atoms with Crippen LogP contribution in [0.3, 0.4) is 0 Å². The molecule has 2 N–H and O–H groups in total. The molecule has 1 fully saturated rings.